The number of fused-ring (bicyclic) bond motifs is 1. The molecule has 0 spiro atoms. The molecule has 3 rings (SSSR count). The molecule has 1 aromatic heterocycles. The largest absolute Gasteiger partial charge is 0.401 e. The molecule has 0 N–H and O–H groups in total. The van der Waals surface area contributed by atoms with E-state index in [0.717, 1.165) is 15.5 Å². The molecule has 1 unspecified atom stereocenters. The molecular weight excluding hydrogens is 283 g/mol. The predicted octanol–water partition coefficient (Wildman–Crippen LogP) is 2.08. The molecule has 3 heterocycles. The summed E-state index contributed by atoms with van der Waals surface area (Å²) in [5, 5.41) is 4.73. The molecule has 0 aliphatic carbocycles. The van der Waals surface area contributed by atoms with E-state index in [1.807, 2.05) is 12.3 Å². The maximum Gasteiger partial charge on any atom is 0.285 e. The summed E-state index contributed by atoms with van der Waals surface area (Å²) in [6.07, 6.45) is 0.481. The van der Waals surface area contributed by atoms with E-state index < -0.39 is 11.7 Å². The predicted molar refractivity (Wildman–Crippen MR) is 70.6 cm³/mol. The van der Waals surface area contributed by atoms with Gasteiger partial charge < -0.3 is 4.84 Å². The second kappa shape index (κ2) is 4.82. The number of hydroxylamine groups is 2. The number of carbonyl (C=O) groups excluding carboxylic acids is 2. The topological polar surface area (TPSA) is 49.9 Å². The summed E-state index contributed by atoms with van der Waals surface area (Å²) >= 11 is 1.48. The summed E-state index contributed by atoms with van der Waals surface area (Å²) in [6, 6.07) is 0. The first kappa shape index (κ1) is 13.5. The van der Waals surface area contributed by atoms with Gasteiger partial charge in [-0.15, -0.1) is 11.3 Å². The molecule has 0 saturated carbocycles. The Balaban J connectivity index is 1.83. The number of piperidine rings is 1. The number of imide groups is 1. The molecule has 0 aromatic carbocycles. The summed E-state index contributed by atoms with van der Waals surface area (Å²) in [5.74, 6) is -2.76. The minimum absolute atomic E-state index is 0.0228. The molecule has 1 atom stereocenters. The molecule has 0 radical (unpaired) electrons. The van der Waals surface area contributed by atoms with Crippen LogP contribution in [0.1, 0.15) is 31.7 Å². The van der Waals surface area contributed by atoms with Crippen molar-refractivity contribution in [2.75, 3.05) is 6.54 Å². The Bertz CT molecular complexity index is 541. The van der Waals surface area contributed by atoms with Gasteiger partial charge in [0.2, 0.25) is 5.91 Å². The molecule has 1 fully saturated rings. The van der Waals surface area contributed by atoms with Crippen molar-refractivity contribution in [1.82, 2.24) is 9.96 Å². The number of rotatable bonds is 3. The second-order valence-electron chi connectivity index (χ2n) is 5.00. The lowest BCUT2D eigenvalue weighted by Crippen LogP contribution is -2.61. The highest BCUT2D eigenvalue weighted by Gasteiger charge is 2.54. The van der Waals surface area contributed by atoms with Crippen LogP contribution in [-0.4, -0.2) is 34.1 Å². The number of hydrogen-bond acceptors (Lipinski definition) is 5. The van der Waals surface area contributed by atoms with Crippen LogP contribution in [0.15, 0.2) is 10.8 Å². The van der Waals surface area contributed by atoms with Crippen LogP contribution in [0.3, 0.4) is 0 Å². The highest BCUT2D eigenvalue weighted by molar-refractivity contribution is 7.08. The van der Waals surface area contributed by atoms with E-state index in [9.17, 15) is 9.59 Å². The minimum Gasteiger partial charge on any atom is -0.401 e. The van der Waals surface area contributed by atoms with Crippen LogP contribution in [0.4, 0.5) is 4.39 Å². The van der Waals surface area contributed by atoms with Crippen molar-refractivity contribution in [3.05, 3.63) is 16.3 Å². The van der Waals surface area contributed by atoms with Crippen LogP contribution in [0.2, 0.25) is 0 Å². The van der Waals surface area contributed by atoms with E-state index in [0.29, 0.717) is 12.2 Å². The molecule has 1 saturated heterocycles. The average molecular weight is 298 g/mol. The van der Waals surface area contributed by atoms with Crippen LogP contribution < -0.4 is 4.84 Å². The Morgan fingerprint density at radius 2 is 2.25 bits per heavy atom. The van der Waals surface area contributed by atoms with Crippen LogP contribution in [0, 0.1) is 0 Å². The minimum atomic E-state index is -2.25. The molecule has 108 valence electrons. The number of amides is 2. The standard InChI is InChI=1S/C13H15FN2O3S/c1-2-5-15-11(17)3-4-13(14,12(15)18)16-6-9-7-20-8-10(9)19-16/h7-8H,2-6H2,1H3. The fourth-order valence-electron chi connectivity index (χ4n) is 2.53. The Labute approximate surface area is 119 Å². The van der Waals surface area contributed by atoms with Gasteiger partial charge in [-0.1, -0.05) is 12.0 Å². The first-order chi connectivity index (χ1) is 9.56. The number of likely N-dealkylation sites (tertiary alicyclic amines) is 1. The van der Waals surface area contributed by atoms with Crippen molar-refractivity contribution in [1.29, 1.82) is 0 Å². The molecule has 1 aromatic rings. The van der Waals surface area contributed by atoms with E-state index in [1.165, 1.54) is 11.3 Å². The van der Waals surface area contributed by atoms with Crippen molar-refractivity contribution in [2.24, 2.45) is 0 Å². The van der Waals surface area contributed by atoms with Crippen LogP contribution in [-0.2, 0) is 16.1 Å². The van der Waals surface area contributed by atoms with Crippen molar-refractivity contribution in [3.8, 4) is 5.75 Å². The normalized spacial score (nSPS) is 26.8. The molecule has 2 aliphatic rings. The van der Waals surface area contributed by atoms with E-state index in [2.05, 4.69) is 0 Å². The average Bonchev–Trinajstić information content (AvgIpc) is 3.00. The molecule has 5 nitrogen and oxygen atoms in total. The monoisotopic (exact) mass is 298 g/mol. The third kappa shape index (κ3) is 1.92. The summed E-state index contributed by atoms with van der Waals surface area (Å²) in [6.45, 7) is 2.33. The lowest BCUT2D eigenvalue weighted by atomic mass is 10.0. The van der Waals surface area contributed by atoms with Crippen molar-refractivity contribution >= 4 is 23.2 Å². The van der Waals surface area contributed by atoms with E-state index in [1.54, 1.807) is 5.38 Å². The highest BCUT2D eigenvalue weighted by atomic mass is 32.1. The van der Waals surface area contributed by atoms with Crippen LogP contribution in [0.5, 0.6) is 5.75 Å². The number of halogens is 1. The number of nitrogens with zero attached hydrogens (tertiary/aromatic N) is 2. The SMILES string of the molecule is CCCN1C(=O)CCC(F)(N2Cc3cscc3O2)C1=O. The summed E-state index contributed by atoms with van der Waals surface area (Å²) in [7, 11) is 0. The zero-order chi connectivity index (χ0) is 14.3. The van der Waals surface area contributed by atoms with Gasteiger partial charge >= 0.3 is 0 Å². The van der Waals surface area contributed by atoms with Crippen LogP contribution in [0.25, 0.3) is 0 Å². The van der Waals surface area contributed by atoms with Gasteiger partial charge in [-0.3, -0.25) is 14.5 Å². The Morgan fingerprint density at radius 3 is 2.95 bits per heavy atom. The molecular formula is C13H15FN2O3S. The number of alkyl halides is 1. The van der Waals surface area contributed by atoms with Crippen LogP contribution >= 0.6 is 11.3 Å². The number of carbonyl (C=O) groups is 2. The fraction of sp³-hybridized carbons (Fsp3) is 0.538. The van der Waals surface area contributed by atoms with Gasteiger partial charge in [0, 0.05) is 30.3 Å². The number of hydrogen-bond donors (Lipinski definition) is 0. The number of thiophene rings is 1. The first-order valence-electron chi connectivity index (χ1n) is 6.60. The van der Waals surface area contributed by atoms with Gasteiger partial charge in [0.1, 0.15) is 0 Å². The maximum absolute atomic E-state index is 15.1. The quantitative estimate of drug-likeness (QED) is 0.633. The van der Waals surface area contributed by atoms with Gasteiger partial charge in [0.15, 0.2) is 5.75 Å². The summed E-state index contributed by atoms with van der Waals surface area (Å²) < 4.78 is 15.1. The molecule has 2 aliphatic heterocycles. The molecule has 2 amide bonds. The lowest BCUT2D eigenvalue weighted by molar-refractivity contribution is -0.218. The smallest absolute Gasteiger partial charge is 0.285 e. The van der Waals surface area contributed by atoms with E-state index >= 15 is 4.39 Å². The van der Waals surface area contributed by atoms with Gasteiger partial charge in [0.25, 0.3) is 11.7 Å². The highest BCUT2D eigenvalue weighted by Crippen LogP contribution is 2.40. The van der Waals surface area contributed by atoms with Crippen molar-refractivity contribution in [3.63, 3.8) is 0 Å². The lowest BCUT2D eigenvalue weighted by Gasteiger charge is -2.38. The van der Waals surface area contributed by atoms with E-state index in [-0.39, 0.29) is 31.8 Å². The fourth-order valence-corrected chi connectivity index (χ4v) is 3.27. The molecule has 20 heavy (non-hydrogen) atoms. The van der Waals surface area contributed by atoms with Gasteiger partial charge in [-0.2, -0.15) is 0 Å². The van der Waals surface area contributed by atoms with Crippen molar-refractivity contribution < 1.29 is 18.8 Å². The third-order valence-corrected chi connectivity index (χ3v) is 4.38. The first-order valence-corrected chi connectivity index (χ1v) is 7.55. The molecule has 7 heteroatoms. The zero-order valence-corrected chi connectivity index (χ0v) is 11.9. The zero-order valence-electron chi connectivity index (χ0n) is 11.1. The van der Waals surface area contributed by atoms with Gasteiger partial charge in [0.05, 0.1) is 6.54 Å². The Morgan fingerprint density at radius 1 is 1.45 bits per heavy atom. The van der Waals surface area contributed by atoms with Crippen molar-refractivity contribution in [2.45, 2.75) is 38.5 Å². The maximum atomic E-state index is 15.1. The Kier molecular flexibility index (Phi) is 3.25. The second-order valence-corrected chi connectivity index (χ2v) is 5.74. The van der Waals surface area contributed by atoms with E-state index in [4.69, 9.17) is 4.84 Å². The summed E-state index contributed by atoms with van der Waals surface area (Å²) in [5.41, 5.74) is 0.874. The third-order valence-electron chi connectivity index (χ3n) is 3.61. The summed E-state index contributed by atoms with van der Waals surface area (Å²) in [4.78, 5) is 30.5. The van der Waals surface area contributed by atoms with Gasteiger partial charge in [-0.05, 0) is 11.8 Å². The van der Waals surface area contributed by atoms with Gasteiger partial charge in [-0.25, -0.2) is 4.39 Å². The molecule has 0 bridgehead atoms. The Hall–Kier alpha value is -1.47.